The maximum atomic E-state index is 9.99. The van der Waals surface area contributed by atoms with Gasteiger partial charge in [-0.2, -0.15) is 0 Å². The average molecular weight is 172 g/mol. The van der Waals surface area contributed by atoms with Gasteiger partial charge in [-0.15, -0.1) is 0 Å². The van der Waals surface area contributed by atoms with Crippen LogP contribution in [0.5, 0.6) is 0 Å². The molecule has 3 heteroatoms. The highest BCUT2D eigenvalue weighted by Crippen LogP contribution is 2.10. The van der Waals surface area contributed by atoms with E-state index in [1.807, 2.05) is 0 Å². The van der Waals surface area contributed by atoms with Crippen molar-refractivity contribution in [2.75, 3.05) is 19.6 Å². The summed E-state index contributed by atoms with van der Waals surface area (Å²) in [5.74, 6) is 0. The molecule has 0 aliphatic rings. The summed E-state index contributed by atoms with van der Waals surface area (Å²) in [6, 6.07) is 0. The van der Waals surface area contributed by atoms with Gasteiger partial charge >= 0.3 is 0 Å². The molecule has 12 heavy (non-hydrogen) atoms. The first-order valence-corrected chi connectivity index (χ1v) is 4.44. The SMILES string of the molecule is CCN(CCNC=O)C(C)(C)C. The molecule has 0 atom stereocenters. The van der Waals surface area contributed by atoms with Crippen molar-refractivity contribution in [3.8, 4) is 0 Å². The molecule has 0 fully saturated rings. The number of carbonyl (C=O) groups is 1. The molecule has 1 amide bonds. The largest absolute Gasteiger partial charge is 0.357 e. The lowest BCUT2D eigenvalue weighted by atomic mass is 10.1. The van der Waals surface area contributed by atoms with Crippen molar-refractivity contribution in [3.05, 3.63) is 0 Å². The standard InChI is InChI=1S/C9H20N2O/c1-5-11(9(2,3)4)7-6-10-8-12/h8H,5-7H2,1-4H3,(H,10,12). The summed E-state index contributed by atoms with van der Waals surface area (Å²) >= 11 is 0. The van der Waals surface area contributed by atoms with Crippen LogP contribution in [0.15, 0.2) is 0 Å². The molecule has 0 radical (unpaired) electrons. The summed E-state index contributed by atoms with van der Waals surface area (Å²) in [6.45, 7) is 11.3. The molecule has 0 rings (SSSR count). The number of amides is 1. The van der Waals surface area contributed by atoms with E-state index in [1.54, 1.807) is 0 Å². The maximum Gasteiger partial charge on any atom is 0.207 e. The van der Waals surface area contributed by atoms with Gasteiger partial charge in [-0.3, -0.25) is 9.69 Å². The number of likely N-dealkylation sites (N-methyl/N-ethyl adjacent to an activating group) is 1. The first-order valence-electron chi connectivity index (χ1n) is 4.44. The predicted molar refractivity (Wildman–Crippen MR) is 51.1 cm³/mol. The minimum atomic E-state index is 0.194. The molecule has 0 aromatic carbocycles. The van der Waals surface area contributed by atoms with Crippen LogP contribution in [0.2, 0.25) is 0 Å². The minimum Gasteiger partial charge on any atom is -0.357 e. The Morgan fingerprint density at radius 1 is 1.42 bits per heavy atom. The smallest absolute Gasteiger partial charge is 0.207 e. The monoisotopic (exact) mass is 172 g/mol. The second kappa shape index (κ2) is 5.14. The van der Waals surface area contributed by atoms with Crippen LogP contribution in [-0.2, 0) is 4.79 Å². The van der Waals surface area contributed by atoms with Crippen molar-refractivity contribution < 1.29 is 4.79 Å². The van der Waals surface area contributed by atoms with Crippen molar-refractivity contribution in [1.82, 2.24) is 10.2 Å². The van der Waals surface area contributed by atoms with Crippen molar-refractivity contribution in [3.63, 3.8) is 0 Å². The fourth-order valence-corrected chi connectivity index (χ4v) is 1.23. The molecule has 0 aromatic rings. The zero-order valence-electron chi connectivity index (χ0n) is 8.55. The highest BCUT2D eigenvalue weighted by molar-refractivity contribution is 5.45. The van der Waals surface area contributed by atoms with Crippen LogP contribution in [0.3, 0.4) is 0 Å². The first-order chi connectivity index (χ1) is 5.52. The molecule has 0 heterocycles. The number of nitrogens with zero attached hydrogens (tertiary/aromatic N) is 1. The summed E-state index contributed by atoms with van der Waals surface area (Å²) < 4.78 is 0. The molecule has 0 bridgehead atoms. The summed E-state index contributed by atoms with van der Waals surface area (Å²) in [5.41, 5.74) is 0.194. The highest BCUT2D eigenvalue weighted by Gasteiger charge is 2.18. The second-order valence-electron chi connectivity index (χ2n) is 3.82. The van der Waals surface area contributed by atoms with E-state index in [9.17, 15) is 4.79 Å². The second-order valence-corrected chi connectivity index (χ2v) is 3.82. The van der Waals surface area contributed by atoms with Crippen LogP contribution in [0.25, 0.3) is 0 Å². The number of carbonyl (C=O) groups excluding carboxylic acids is 1. The van der Waals surface area contributed by atoms with Crippen molar-refractivity contribution in [2.45, 2.75) is 33.2 Å². The highest BCUT2D eigenvalue weighted by atomic mass is 16.1. The summed E-state index contributed by atoms with van der Waals surface area (Å²) in [7, 11) is 0. The van der Waals surface area contributed by atoms with Crippen molar-refractivity contribution in [1.29, 1.82) is 0 Å². The third-order valence-corrected chi connectivity index (χ3v) is 1.94. The topological polar surface area (TPSA) is 32.3 Å². The van der Waals surface area contributed by atoms with Crippen LogP contribution in [0, 0.1) is 0 Å². The Bertz CT molecular complexity index is 129. The van der Waals surface area contributed by atoms with Crippen molar-refractivity contribution >= 4 is 6.41 Å². The van der Waals surface area contributed by atoms with Gasteiger partial charge in [-0.05, 0) is 27.3 Å². The van der Waals surface area contributed by atoms with Gasteiger partial charge in [0, 0.05) is 18.6 Å². The van der Waals surface area contributed by atoms with Gasteiger partial charge in [0.15, 0.2) is 0 Å². The molecule has 0 saturated carbocycles. The molecule has 0 unspecified atom stereocenters. The Morgan fingerprint density at radius 3 is 2.33 bits per heavy atom. The zero-order chi connectivity index (χ0) is 9.61. The Balaban J connectivity index is 3.75. The van der Waals surface area contributed by atoms with E-state index in [4.69, 9.17) is 0 Å². The lowest BCUT2D eigenvalue weighted by molar-refractivity contribution is -0.109. The van der Waals surface area contributed by atoms with E-state index < -0.39 is 0 Å². The van der Waals surface area contributed by atoms with Gasteiger partial charge in [0.05, 0.1) is 0 Å². The fourth-order valence-electron chi connectivity index (χ4n) is 1.23. The van der Waals surface area contributed by atoms with Crippen LogP contribution in [-0.4, -0.2) is 36.5 Å². The van der Waals surface area contributed by atoms with Crippen LogP contribution >= 0.6 is 0 Å². The molecular formula is C9H20N2O. The molecular weight excluding hydrogens is 152 g/mol. The minimum absolute atomic E-state index is 0.194. The van der Waals surface area contributed by atoms with Gasteiger partial charge in [0.1, 0.15) is 0 Å². The van der Waals surface area contributed by atoms with E-state index in [0.717, 1.165) is 26.0 Å². The lowest BCUT2D eigenvalue weighted by Crippen LogP contribution is -2.44. The third-order valence-electron chi connectivity index (χ3n) is 1.94. The lowest BCUT2D eigenvalue weighted by Gasteiger charge is -2.34. The summed E-state index contributed by atoms with van der Waals surface area (Å²) in [4.78, 5) is 12.3. The molecule has 0 aliphatic carbocycles. The van der Waals surface area contributed by atoms with E-state index in [0.29, 0.717) is 0 Å². The quantitative estimate of drug-likeness (QED) is 0.492. The normalized spacial score (nSPS) is 11.8. The number of nitrogens with one attached hydrogen (secondary N) is 1. The van der Waals surface area contributed by atoms with E-state index in [-0.39, 0.29) is 5.54 Å². The van der Waals surface area contributed by atoms with Crippen molar-refractivity contribution in [2.24, 2.45) is 0 Å². The zero-order valence-corrected chi connectivity index (χ0v) is 8.55. The van der Waals surface area contributed by atoms with Gasteiger partial charge in [-0.25, -0.2) is 0 Å². The average Bonchev–Trinajstić information content (AvgIpc) is 1.95. The molecule has 0 aromatic heterocycles. The van der Waals surface area contributed by atoms with Gasteiger partial charge < -0.3 is 5.32 Å². The van der Waals surface area contributed by atoms with Crippen LogP contribution in [0.1, 0.15) is 27.7 Å². The fraction of sp³-hybridized carbons (Fsp3) is 0.889. The number of hydrogen-bond acceptors (Lipinski definition) is 2. The number of hydrogen-bond donors (Lipinski definition) is 1. The molecule has 0 aliphatic heterocycles. The van der Waals surface area contributed by atoms with Crippen LogP contribution in [0.4, 0.5) is 0 Å². The van der Waals surface area contributed by atoms with Gasteiger partial charge in [-0.1, -0.05) is 6.92 Å². The first kappa shape index (κ1) is 11.4. The molecule has 72 valence electrons. The van der Waals surface area contributed by atoms with Gasteiger partial charge in [0.2, 0.25) is 6.41 Å². The predicted octanol–water partition coefficient (Wildman–Crippen LogP) is 0.853. The van der Waals surface area contributed by atoms with E-state index in [1.165, 1.54) is 0 Å². The van der Waals surface area contributed by atoms with E-state index in [2.05, 4.69) is 37.9 Å². The molecule has 1 N–H and O–H groups in total. The Labute approximate surface area is 75.1 Å². The molecule has 3 nitrogen and oxygen atoms in total. The Kier molecular flexibility index (Phi) is 4.90. The Hall–Kier alpha value is -0.570. The Morgan fingerprint density at radius 2 is 2.00 bits per heavy atom. The van der Waals surface area contributed by atoms with E-state index >= 15 is 0 Å². The molecule has 0 saturated heterocycles. The van der Waals surface area contributed by atoms with Crippen LogP contribution < -0.4 is 5.32 Å². The molecule has 0 spiro atoms. The third kappa shape index (κ3) is 4.34. The maximum absolute atomic E-state index is 9.99. The summed E-state index contributed by atoms with van der Waals surface area (Å²) in [5, 5.41) is 2.66. The summed E-state index contributed by atoms with van der Waals surface area (Å²) in [6.07, 6.45) is 0.747. The van der Waals surface area contributed by atoms with Gasteiger partial charge in [0.25, 0.3) is 0 Å². The number of rotatable bonds is 5.